The first-order valence-corrected chi connectivity index (χ1v) is 6.24. The second-order valence-electron chi connectivity index (χ2n) is 4.25. The molecule has 1 aromatic heterocycles. The van der Waals surface area contributed by atoms with Gasteiger partial charge in [0.25, 0.3) is 5.91 Å². The Bertz CT molecular complexity index is 713. The molecule has 1 amide bonds. The third-order valence-electron chi connectivity index (χ3n) is 2.55. The Morgan fingerprint density at radius 3 is 2.90 bits per heavy atom. The van der Waals surface area contributed by atoms with Crippen molar-refractivity contribution in [2.24, 2.45) is 0 Å². The van der Waals surface area contributed by atoms with Crippen molar-refractivity contribution < 1.29 is 18.8 Å². The second-order valence-corrected chi connectivity index (χ2v) is 4.25. The number of hydrogen-bond donors (Lipinski definition) is 2. The molecular weight excluding hydrogens is 275 g/mol. The van der Waals surface area contributed by atoms with Crippen LogP contribution >= 0.6 is 0 Å². The first kappa shape index (κ1) is 14.8. The maximum Gasteiger partial charge on any atom is 0.259 e. The van der Waals surface area contributed by atoms with Crippen LogP contribution in [0.2, 0.25) is 0 Å². The molecule has 21 heavy (non-hydrogen) atoms. The van der Waals surface area contributed by atoms with Crippen LogP contribution in [0.25, 0.3) is 0 Å². The molecule has 0 radical (unpaired) electrons. The zero-order valence-corrected chi connectivity index (χ0v) is 11.3. The predicted octanol–water partition coefficient (Wildman–Crippen LogP) is 2.11. The van der Waals surface area contributed by atoms with Crippen molar-refractivity contribution in [1.82, 2.24) is 5.16 Å². The number of aromatic nitrogens is 1. The van der Waals surface area contributed by atoms with Gasteiger partial charge in [-0.1, -0.05) is 17.0 Å². The second kappa shape index (κ2) is 6.68. The molecule has 2 N–H and O–H groups in total. The van der Waals surface area contributed by atoms with Crippen LogP contribution in [0, 0.1) is 24.6 Å². The summed E-state index contributed by atoms with van der Waals surface area (Å²) < 4.78 is 18.7. The number of carbonyl (C=O) groups excluding carboxylic acids is 1. The number of aryl methyl sites for hydroxylation is 1. The highest BCUT2D eigenvalue weighted by molar-refractivity contribution is 6.04. The largest absolute Gasteiger partial charge is 0.395 e. The Kier molecular flexibility index (Phi) is 4.69. The summed E-state index contributed by atoms with van der Waals surface area (Å²) >= 11 is 0. The number of aliphatic hydroxyl groups excluding tert-OH is 1. The van der Waals surface area contributed by atoms with Crippen LogP contribution in [0.5, 0.6) is 0 Å². The smallest absolute Gasteiger partial charge is 0.259 e. The number of benzene rings is 1. The molecule has 0 aliphatic heterocycles. The van der Waals surface area contributed by atoms with Gasteiger partial charge in [-0.2, -0.15) is 0 Å². The highest BCUT2D eigenvalue weighted by atomic mass is 19.1. The first-order chi connectivity index (χ1) is 10.1. The van der Waals surface area contributed by atoms with Gasteiger partial charge in [-0.25, -0.2) is 4.39 Å². The molecule has 1 heterocycles. The van der Waals surface area contributed by atoms with Crippen LogP contribution in [0.4, 0.5) is 10.2 Å². The summed E-state index contributed by atoms with van der Waals surface area (Å²) in [5, 5.41) is 14.7. The minimum Gasteiger partial charge on any atom is -0.395 e. The van der Waals surface area contributed by atoms with Gasteiger partial charge in [0, 0.05) is 18.1 Å². The average molecular weight is 288 g/mol. The lowest BCUT2D eigenvalue weighted by atomic mass is 10.1. The molecule has 0 fully saturated rings. The fraction of sp³-hybridized carbons (Fsp3) is 0.200. The zero-order chi connectivity index (χ0) is 15.2. The number of amides is 1. The normalized spacial score (nSPS) is 9.86. The fourth-order valence-corrected chi connectivity index (χ4v) is 1.61. The minimum atomic E-state index is -0.677. The topological polar surface area (TPSA) is 75.4 Å². The maximum atomic E-state index is 13.9. The number of halogens is 1. The molecule has 0 aliphatic carbocycles. The van der Waals surface area contributed by atoms with Crippen LogP contribution in [0.15, 0.2) is 28.8 Å². The van der Waals surface area contributed by atoms with E-state index in [9.17, 15) is 9.18 Å². The molecule has 0 bridgehead atoms. The fourth-order valence-electron chi connectivity index (χ4n) is 1.61. The monoisotopic (exact) mass is 288 g/mol. The van der Waals surface area contributed by atoms with Crippen LogP contribution < -0.4 is 5.32 Å². The molecule has 5 nitrogen and oxygen atoms in total. The molecule has 0 atom stereocenters. The standard InChI is InChI=1S/C15H13FN2O3/c1-10-8-14(18-21-10)17-15(20)12-6-5-11(9-13(12)16)4-2-3-7-19/h5-6,8-9,19H,3,7H2,1H3,(H,17,18,20). The molecule has 0 saturated heterocycles. The van der Waals surface area contributed by atoms with Crippen molar-refractivity contribution in [3.05, 3.63) is 47.0 Å². The van der Waals surface area contributed by atoms with Crippen molar-refractivity contribution in [2.45, 2.75) is 13.3 Å². The van der Waals surface area contributed by atoms with E-state index in [4.69, 9.17) is 9.63 Å². The van der Waals surface area contributed by atoms with E-state index in [-0.39, 0.29) is 18.0 Å². The van der Waals surface area contributed by atoms with Gasteiger partial charge in [-0.3, -0.25) is 4.79 Å². The first-order valence-electron chi connectivity index (χ1n) is 6.24. The number of rotatable bonds is 3. The maximum absolute atomic E-state index is 13.9. The van der Waals surface area contributed by atoms with Crippen molar-refractivity contribution >= 4 is 11.7 Å². The summed E-state index contributed by atoms with van der Waals surface area (Å²) in [6.07, 6.45) is 0.315. The summed E-state index contributed by atoms with van der Waals surface area (Å²) in [7, 11) is 0. The van der Waals surface area contributed by atoms with Crippen molar-refractivity contribution in [1.29, 1.82) is 0 Å². The van der Waals surface area contributed by atoms with E-state index < -0.39 is 11.7 Å². The van der Waals surface area contributed by atoms with E-state index in [0.717, 1.165) is 0 Å². The third-order valence-corrected chi connectivity index (χ3v) is 2.55. The molecule has 6 heteroatoms. The lowest BCUT2D eigenvalue weighted by molar-refractivity contribution is 0.102. The summed E-state index contributed by atoms with van der Waals surface area (Å²) in [6.45, 7) is 1.64. The summed E-state index contributed by atoms with van der Waals surface area (Å²) in [4.78, 5) is 11.9. The third kappa shape index (κ3) is 3.91. The Labute approximate surface area is 120 Å². The van der Waals surface area contributed by atoms with Gasteiger partial charge in [0.1, 0.15) is 11.6 Å². The molecule has 108 valence electrons. The lowest BCUT2D eigenvalue weighted by Gasteiger charge is -2.03. The van der Waals surface area contributed by atoms with Gasteiger partial charge in [0.05, 0.1) is 12.2 Å². The van der Waals surface area contributed by atoms with Gasteiger partial charge < -0.3 is 14.9 Å². The molecule has 0 spiro atoms. The Hall–Kier alpha value is -2.65. The number of nitrogens with one attached hydrogen (secondary N) is 1. The van der Waals surface area contributed by atoms with Crippen molar-refractivity contribution in [3.63, 3.8) is 0 Å². The van der Waals surface area contributed by atoms with Crippen LogP contribution in [0.3, 0.4) is 0 Å². The van der Waals surface area contributed by atoms with E-state index in [0.29, 0.717) is 17.7 Å². The highest BCUT2D eigenvalue weighted by Gasteiger charge is 2.13. The Morgan fingerprint density at radius 1 is 1.48 bits per heavy atom. The lowest BCUT2D eigenvalue weighted by Crippen LogP contribution is -2.14. The van der Waals surface area contributed by atoms with E-state index in [1.165, 1.54) is 24.3 Å². The Balaban J connectivity index is 2.13. The van der Waals surface area contributed by atoms with Gasteiger partial charge in [-0.05, 0) is 25.1 Å². The van der Waals surface area contributed by atoms with Gasteiger partial charge in [0.2, 0.25) is 0 Å². The number of aliphatic hydroxyl groups is 1. The van der Waals surface area contributed by atoms with E-state index in [1.807, 2.05) is 0 Å². The summed E-state index contributed by atoms with van der Waals surface area (Å²) in [6, 6.07) is 5.59. The molecule has 2 rings (SSSR count). The Morgan fingerprint density at radius 2 is 2.29 bits per heavy atom. The number of hydrogen-bond acceptors (Lipinski definition) is 4. The van der Waals surface area contributed by atoms with Crippen LogP contribution in [-0.2, 0) is 0 Å². The summed E-state index contributed by atoms with van der Waals surface area (Å²) in [5.74, 6) is 4.85. The quantitative estimate of drug-likeness (QED) is 0.848. The molecule has 0 aliphatic rings. The van der Waals surface area contributed by atoms with Gasteiger partial charge >= 0.3 is 0 Å². The number of anilines is 1. The van der Waals surface area contributed by atoms with E-state index in [2.05, 4.69) is 22.3 Å². The molecule has 0 unspecified atom stereocenters. The predicted molar refractivity (Wildman–Crippen MR) is 74.2 cm³/mol. The van der Waals surface area contributed by atoms with Gasteiger partial charge in [0.15, 0.2) is 5.82 Å². The van der Waals surface area contributed by atoms with Crippen molar-refractivity contribution in [3.8, 4) is 11.8 Å². The molecular formula is C15H13FN2O3. The van der Waals surface area contributed by atoms with Gasteiger partial charge in [-0.15, -0.1) is 0 Å². The SMILES string of the molecule is Cc1cc(NC(=O)c2ccc(C#CCCO)cc2F)no1. The molecule has 1 aromatic carbocycles. The van der Waals surface area contributed by atoms with E-state index in [1.54, 1.807) is 6.92 Å². The molecule has 2 aromatic rings. The van der Waals surface area contributed by atoms with E-state index >= 15 is 0 Å². The average Bonchev–Trinajstić information content (AvgIpc) is 2.84. The summed E-state index contributed by atoms with van der Waals surface area (Å²) in [5.41, 5.74) is 0.332. The highest BCUT2D eigenvalue weighted by Crippen LogP contribution is 2.13. The minimum absolute atomic E-state index is 0.0485. The number of carbonyl (C=O) groups is 1. The molecule has 0 saturated carbocycles. The van der Waals surface area contributed by atoms with Crippen LogP contribution in [0.1, 0.15) is 28.1 Å². The van der Waals surface area contributed by atoms with Crippen LogP contribution in [-0.4, -0.2) is 22.8 Å². The number of nitrogens with zero attached hydrogens (tertiary/aromatic N) is 1. The zero-order valence-electron chi connectivity index (χ0n) is 11.3. The van der Waals surface area contributed by atoms with Crippen molar-refractivity contribution in [2.75, 3.05) is 11.9 Å².